The van der Waals surface area contributed by atoms with Crippen molar-refractivity contribution in [2.75, 3.05) is 33.7 Å². The Morgan fingerprint density at radius 1 is 1.33 bits per heavy atom. The van der Waals surface area contributed by atoms with Gasteiger partial charge in [0.15, 0.2) is 6.79 Å². The maximum absolute atomic E-state index is 6.16. The number of rotatable bonds is 9. The molecule has 0 unspecified atom stereocenters. The van der Waals surface area contributed by atoms with Gasteiger partial charge in [-0.3, -0.25) is 0 Å². The standard InChI is InChI=1S/C13H20ClNO3/c1-3-17-10-18-13-6-4-5-12(14)11(13)9-15-7-8-16-2/h4-6,15H,3,7-10H2,1-2H3. The third-order valence-corrected chi connectivity index (χ3v) is 2.72. The zero-order chi connectivity index (χ0) is 13.2. The fourth-order valence-electron chi connectivity index (χ4n) is 1.42. The van der Waals surface area contributed by atoms with Crippen molar-refractivity contribution in [2.24, 2.45) is 0 Å². The van der Waals surface area contributed by atoms with E-state index >= 15 is 0 Å². The molecule has 0 atom stereocenters. The van der Waals surface area contributed by atoms with E-state index in [9.17, 15) is 0 Å². The molecule has 5 heteroatoms. The zero-order valence-corrected chi connectivity index (χ0v) is 11.6. The third-order valence-electron chi connectivity index (χ3n) is 2.36. The first-order valence-corrected chi connectivity index (χ1v) is 6.35. The van der Waals surface area contributed by atoms with Gasteiger partial charge in [-0.1, -0.05) is 17.7 Å². The van der Waals surface area contributed by atoms with Crippen LogP contribution in [0.25, 0.3) is 0 Å². The first-order chi connectivity index (χ1) is 8.79. The van der Waals surface area contributed by atoms with Gasteiger partial charge in [0, 0.05) is 37.4 Å². The van der Waals surface area contributed by atoms with Crippen LogP contribution in [0.15, 0.2) is 18.2 Å². The van der Waals surface area contributed by atoms with Crippen LogP contribution in [0, 0.1) is 0 Å². The Labute approximate surface area is 113 Å². The summed E-state index contributed by atoms with van der Waals surface area (Å²) in [5.74, 6) is 0.751. The van der Waals surface area contributed by atoms with Gasteiger partial charge in [-0.2, -0.15) is 0 Å². The maximum atomic E-state index is 6.16. The quantitative estimate of drug-likeness (QED) is 0.554. The minimum absolute atomic E-state index is 0.238. The first kappa shape index (κ1) is 15.2. The van der Waals surface area contributed by atoms with E-state index in [2.05, 4.69) is 5.32 Å². The molecule has 18 heavy (non-hydrogen) atoms. The van der Waals surface area contributed by atoms with Gasteiger partial charge in [0.1, 0.15) is 5.75 Å². The van der Waals surface area contributed by atoms with Crippen molar-refractivity contribution >= 4 is 11.6 Å². The van der Waals surface area contributed by atoms with E-state index in [-0.39, 0.29) is 6.79 Å². The first-order valence-electron chi connectivity index (χ1n) is 5.97. The highest BCUT2D eigenvalue weighted by atomic mass is 35.5. The van der Waals surface area contributed by atoms with Gasteiger partial charge in [-0.25, -0.2) is 0 Å². The van der Waals surface area contributed by atoms with Crippen LogP contribution >= 0.6 is 11.6 Å². The summed E-state index contributed by atoms with van der Waals surface area (Å²) in [6.07, 6.45) is 0. The van der Waals surface area contributed by atoms with Crippen LogP contribution in [0.4, 0.5) is 0 Å². The molecule has 0 heterocycles. The minimum Gasteiger partial charge on any atom is -0.467 e. The molecule has 0 saturated carbocycles. The number of benzene rings is 1. The van der Waals surface area contributed by atoms with E-state index in [1.807, 2.05) is 25.1 Å². The monoisotopic (exact) mass is 273 g/mol. The zero-order valence-electron chi connectivity index (χ0n) is 10.9. The van der Waals surface area contributed by atoms with Crippen LogP contribution in [0.3, 0.4) is 0 Å². The van der Waals surface area contributed by atoms with Crippen molar-refractivity contribution in [3.05, 3.63) is 28.8 Å². The van der Waals surface area contributed by atoms with Crippen LogP contribution in [0.1, 0.15) is 12.5 Å². The summed E-state index contributed by atoms with van der Waals surface area (Å²) in [4.78, 5) is 0. The highest BCUT2D eigenvalue weighted by molar-refractivity contribution is 6.31. The molecule has 0 radical (unpaired) electrons. The van der Waals surface area contributed by atoms with E-state index in [0.717, 1.165) is 17.9 Å². The van der Waals surface area contributed by atoms with Gasteiger partial charge < -0.3 is 19.5 Å². The van der Waals surface area contributed by atoms with Gasteiger partial charge in [0.2, 0.25) is 0 Å². The molecule has 1 N–H and O–H groups in total. The largest absolute Gasteiger partial charge is 0.467 e. The number of methoxy groups -OCH3 is 1. The van der Waals surface area contributed by atoms with Crippen molar-refractivity contribution in [2.45, 2.75) is 13.5 Å². The number of hydrogen-bond acceptors (Lipinski definition) is 4. The number of nitrogens with one attached hydrogen (secondary N) is 1. The lowest BCUT2D eigenvalue weighted by Gasteiger charge is -2.13. The lowest BCUT2D eigenvalue weighted by Crippen LogP contribution is -2.19. The average molecular weight is 274 g/mol. The summed E-state index contributed by atoms with van der Waals surface area (Å²) in [5, 5.41) is 3.93. The summed E-state index contributed by atoms with van der Waals surface area (Å²) >= 11 is 6.16. The Kier molecular flexibility index (Phi) is 7.76. The molecule has 0 amide bonds. The summed E-state index contributed by atoms with van der Waals surface area (Å²) in [6, 6.07) is 5.60. The Morgan fingerprint density at radius 3 is 2.89 bits per heavy atom. The lowest BCUT2D eigenvalue weighted by atomic mass is 10.2. The Balaban J connectivity index is 2.56. The molecule has 1 aromatic carbocycles. The van der Waals surface area contributed by atoms with Gasteiger partial charge in [-0.05, 0) is 19.1 Å². The van der Waals surface area contributed by atoms with Crippen molar-refractivity contribution in [3.63, 3.8) is 0 Å². The van der Waals surface area contributed by atoms with Crippen LogP contribution in [-0.4, -0.2) is 33.7 Å². The van der Waals surface area contributed by atoms with Crippen molar-refractivity contribution in [3.8, 4) is 5.75 Å². The molecule has 1 rings (SSSR count). The average Bonchev–Trinajstić information content (AvgIpc) is 2.37. The summed E-state index contributed by atoms with van der Waals surface area (Å²) in [5.41, 5.74) is 0.940. The Hall–Kier alpha value is -0.810. The van der Waals surface area contributed by atoms with Gasteiger partial charge in [-0.15, -0.1) is 0 Å². The molecular weight excluding hydrogens is 254 g/mol. The van der Waals surface area contributed by atoms with Crippen LogP contribution in [0.5, 0.6) is 5.75 Å². The molecular formula is C13H20ClNO3. The highest BCUT2D eigenvalue weighted by Gasteiger charge is 2.07. The molecule has 102 valence electrons. The normalized spacial score (nSPS) is 10.6. The fraction of sp³-hybridized carbons (Fsp3) is 0.538. The smallest absolute Gasteiger partial charge is 0.189 e. The van der Waals surface area contributed by atoms with Crippen molar-refractivity contribution in [1.82, 2.24) is 5.32 Å². The molecule has 0 aliphatic heterocycles. The topological polar surface area (TPSA) is 39.7 Å². The third kappa shape index (κ3) is 5.23. The molecule has 0 aliphatic rings. The van der Waals surface area contributed by atoms with E-state index in [0.29, 0.717) is 24.8 Å². The number of ether oxygens (including phenoxy) is 3. The van der Waals surface area contributed by atoms with Crippen molar-refractivity contribution in [1.29, 1.82) is 0 Å². The van der Waals surface area contributed by atoms with Gasteiger partial charge in [0.25, 0.3) is 0 Å². The van der Waals surface area contributed by atoms with E-state index in [4.69, 9.17) is 25.8 Å². The minimum atomic E-state index is 0.238. The van der Waals surface area contributed by atoms with E-state index < -0.39 is 0 Å². The molecule has 0 bridgehead atoms. The Bertz CT molecular complexity index is 347. The predicted octanol–water partition coefficient (Wildman–Crippen LogP) is 2.45. The molecule has 0 fully saturated rings. The fourth-order valence-corrected chi connectivity index (χ4v) is 1.65. The van der Waals surface area contributed by atoms with Crippen LogP contribution in [-0.2, 0) is 16.0 Å². The second-order valence-electron chi connectivity index (χ2n) is 3.64. The summed E-state index contributed by atoms with van der Waals surface area (Å²) < 4.78 is 15.7. The summed E-state index contributed by atoms with van der Waals surface area (Å²) in [7, 11) is 1.67. The van der Waals surface area contributed by atoms with Crippen molar-refractivity contribution < 1.29 is 14.2 Å². The van der Waals surface area contributed by atoms with Crippen LogP contribution < -0.4 is 10.1 Å². The molecule has 0 saturated heterocycles. The highest BCUT2D eigenvalue weighted by Crippen LogP contribution is 2.26. The van der Waals surface area contributed by atoms with Crippen LogP contribution in [0.2, 0.25) is 5.02 Å². The Morgan fingerprint density at radius 2 is 2.17 bits per heavy atom. The number of halogens is 1. The molecule has 0 spiro atoms. The molecule has 0 aromatic heterocycles. The van der Waals surface area contributed by atoms with E-state index in [1.165, 1.54) is 0 Å². The molecule has 0 aliphatic carbocycles. The second-order valence-corrected chi connectivity index (χ2v) is 4.05. The predicted molar refractivity (Wildman–Crippen MR) is 72.2 cm³/mol. The number of hydrogen-bond donors (Lipinski definition) is 1. The van der Waals surface area contributed by atoms with E-state index in [1.54, 1.807) is 7.11 Å². The SMILES string of the molecule is CCOCOc1cccc(Cl)c1CNCCOC. The lowest BCUT2D eigenvalue weighted by molar-refractivity contribution is 0.0218. The van der Waals surface area contributed by atoms with Gasteiger partial charge in [0.05, 0.1) is 6.61 Å². The summed E-state index contributed by atoms with van der Waals surface area (Å²) in [6.45, 7) is 4.87. The molecule has 1 aromatic rings. The van der Waals surface area contributed by atoms with Gasteiger partial charge >= 0.3 is 0 Å². The maximum Gasteiger partial charge on any atom is 0.189 e. The second kappa shape index (κ2) is 9.16. The molecule has 4 nitrogen and oxygen atoms in total.